The lowest BCUT2D eigenvalue weighted by atomic mass is 10.3. The topological polar surface area (TPSA) is 101 Å². The van der Waals surface area contributed by atoms with Crippen LogP contribution < -0.4 is 15.2 Å². The molecule has 1 aromatic heterocycles. The largest absolute Gasteiger partial charge is 0.481 e. The van der Waals surface area contributed by atoms with Crippen LogP contribution in [0.15, 0.2) is 36.4 Å². The van der Waals surface area contributed by atoms with Gasteiger partial charge in [0.15, 0.2) is 0 Å². The molecule has 7 heteroatoms. The number of pyridine rings is 1. The summed E-state index contributed by atoms with van der Waals surface area (Å²) in [7, 11) is 1.42. The average Bonchev–Trinajstić information content (AvgIpc) is 2.38. The Labute approximate surface area is 108 Å². The van der Waals surface area contributed by atoms with Crippen molar-refractivity contribution < 1.29 is 14.4 Å². The van der Waals surface area contributed by atoms with Crippen molar-refractivity contribution in [2.24, 2.45) is 0 Å². The van der Waals surface area contributed by atoms with Gasteiger partial charge < -0.3 is 15.2 Å². The summed E-state index contributed by atoms with van der Waals surface area (Å²) in [6.45, 7) is 0. The molecule has 1 heterocycles. The monoisotopic (exact) mass is 261 g/mol. The van der Waals surface area contributed by atoms with Crippen molar-refractivity contribution in [1.82, 2.24) is 4.98 Å². The van der Waals surface area contributed by atoms with Crippen LogP contribution in [0.3, 0.4) is 0 Å². The predicted octanol–water partition coefficient (Wildman–Crippen LogP) is 2.37. The summed E-state index contributed by atoms with van der Waals surface area (Å²) in [5, 5.41) is 10.9. The second kappa shape index (κ2) is 5.21. The van der Waals surface area contributed by atoms with E-state index in [1.807, 2.05) is 0 Å². The van der Waals surface area contributed by atoms with Gasteiger partial charge in [-0.15, -0.1) is 0 Å². The van der Waals surface area contributed by atoms with Crippen molar-refractivity contribution >= 4 is 11.4 Å². The Hall–Kier alpha value is -2.83. The maximum absolute atomic E-state index is 10.9. The molecule has 0 radical (unpaired) electrons. The third-order valence-electron chi connectivity index (χ3n) is 2.29. The van der Waals surface area contributed by atoms with E-state index in [0.29, 0.717) is 11.4 Å². The number of methoxy groups -OCH3 is 1. The third-order valence-corrected chi connectivity index (χ3v) is 2.29. The number of hydrogen-bond donors (Lipinski definition) is 1. The summed E-state index contributed by atoms with van der Waals surface area (Å²) in [6.07, 6.45) is 0. The number of rotatable bonds is 4. The van der Waals surface area contributed by atoms with Crippen molar-refractivity contribution in [1.29, 1.82) is 0 Å². The summed E-state index contributed by atoms with van der Waals surface area (Å²) in [4.78, 5) is 14.2. The average molecular weight is 261 g/mol. The Bertz CT molecular complexity index is 616. The summed E-state index contributed by atoms with van der Waals surface area (Å²) in [5.41, 5.74) is 5.85. The first-order chi connectivity index (χ1) is 9.10. The molecular formula is C12H11N3O4. The first-order valence-electron chi connectivity index (χ1n) is 5.33. The van der Waals surface area contributed by atoms with E-state index in [2.05, 4.69) is 4.98 Å². The smallest absolute Gasteiger partial charge is 0.331 e. The minimum absolute atomic E-state index is 0.144. The fourth-order valence-electron chi connectivity index (χ4n) is 1.43. The Morgan fingerprint density at radius 1 is 1.32 bits per heavy atom. The second-order valence-corrected chi connectivity index (χ2v) is 3.61. The van der Waals surface area contributed by atoms with E-state index in [4.69, 9.17) is 15.2 Å². The van der Waals surface area contributed by atoms with Crippen LogP contribution in [0.25, 0.3) is 0 Å². The molecule has 0 saturated carbocycles. The molecule has 2 aromatic rings. The lowest BCUT2D eigenvalue weighted by Crippen LogP contribution is -1.98. The number of hydrogen-bond acceptors (Lipinski definition) is 6. The molecule has 0 bridgehead atoms. The maximum atomic E-state index is 10.9. The van der Waals surface area contributed by atoms with Crippen LogP contribution in [-0.4, -0.2) is 17.0 Å². The molecule has 0 atom stereocenters. The number of nitrogens with zero attached hydrogens (tertiary/aromatic N) is 2. The molecule has 0 fully saturated rings. The first-order valence-corrected chi connectivity index (χ1v) is 5.33. The highest BCUT2D eigenvalue weighted by Gasteiger charge is 2.18. The zero-order valence-corrected chi connectivity index (χ0v) is 10.1. The van der Waals surface area contributed by atoms with Crippen LogP contribution in [0, 0.1) is 10.1 Å². The minimum atomic E-state index is -0.575. The van der Waals surface area contributed by atoms with Crippen LogP contribution in [0.4, 0.5) is 11.4 Å². The zero-order valence-electron chi connectivity index (χ0n) is 10.1. The highest BCUT2D eigenvalue weighted by Crippen LogP contribution is 2.31. The number of benzene rings is 1. The third kappa shape index (κ3) is 2.89. The van der Waals surface area contributed by atoms with Gasteiger partial charge in [-0.2, -0.15) is 4.98 Å². The zero-order chi connectivity index (χ0) is 13.8. The van der Waals surface area contributed by atoms with Gasteiger partial charge >= 0.3 is 11.6 Å². The molecule has 1 aromatic carbocycles. The van der Waals surface area contributed by atoms with E-state index >= 15 is 0 Å². The highest BCUT2D eigenvalue weighted by atomic mass is 16.6. The van der Waals surface area contributed by atoms with Gasteiger partial charge in [0.05, 0.1) is 12.0 Å². The molecule has 0 aliphatic heterocycles. The lowest BCUT2D eigenvalue weighted by molar-refractivity contribution is -0.386. The quantitative estimate of drug-likeness (QED) is 0.515. The minimum Gasteiger partial charge on any atom is -0.481 e. The molecule has 0 amide bonds. The number of ether oxygens (including phenoxy) is 2. The predicted molar refractivity (Wildman–Crippen MR) is 68.4 cm³/mol. The maximum Gasteiger partial charge on any atom is 0.331 e. The van der Waals surface area contributed by atoms with Crippen LogP contribution in [0.1, 0.15) is 0 Å². The normalized spacial score (nSPS) is 9.95. The van der Waals surface area contributed by atoms with Crippen molar-refractivity contribution in [3.63, 3.8) is 0 Å². The van der Waals surface area contributed by atoms with Crippen molar-refractivity contribution in [3.05, 3.63) is 46.5 Å². The number of nitrogen functional groups attached to an aromatic ring is 1. The fraction of sp³-hybridized carbons (Fsp3) is 0.0833. The van der Waals surface area contributed by atoms with Crippen molar-refractivity contribution in [2.45, 2.75) is 0 Å². The van der Waals surface area contributed by atoms with Gasteiger partial charge in [-0.3, -0.25) is 10.1 Å². The number of nitrogens with two attached hydrogens (primary N) is 1. The van der Waals surface area contributed by atoms with Gasteiger partial charge in [0.25, 0.3) is 0 Å². The molecule has 0 aliphatic carbocycles. The Morgan fingerprint density at radius 2 is 2.11 bits per heavy atom. The summed E-state index contributed by atoms with van der Waals surface area (Å²) >= 11 is 0. The second-order valence-electron chi connectivity index (χ2n) is 3.61. The van der Waals surface area contributed by atoms with Gasteiger partial charge in [0.2, 0.25) is 5.88 Å². The van der Waals surface area contributed by atoms with Crippen LogP contribution in [-0.2, 0) is 0 Å². The molecule has 2 rings (SSSR count). The van der Waals surface area contributed by atoms with Crippen molar-refractivity contribution in [3.8, 4) is 17.5 Å². The number of anilines is 1. The van der Waals surface area contributed by atoms with E-state index < -0.39 is 4.92 Å². The van der Waals surface area contributed by atoms with E-state index in [9.17, 15) is 10.1 Å². The van der Waals surface area contributed by atoms with E-state index in [1.54, 1.807) is 24.3 Å². The molecule has 0 unspecified atom stereocenters. The van der Waals surface area contributed by atoms with E-state index in [0.717, 1.165) is 0 Å². The van der Waals surface area contributed by atoms with Gasteiger partial charge in [-0.05, 0) is 12.1 Å². The first kappa shape index (κ1) is 12.6. The summed E-state index contributed by atoms with van der Waals surface area (Å²) in [5.74, 6) is 0.448. The molecule has 19 heavy (non-hydrogen) atoms. The summed E-state index contributed by atoms with van der Waals surface area (Å²) < 4.78 is 10.3. The summed E-state index contributed by atoms with van der Waals surface area (Å²) in [6, 6.07) is 9.20. The molecule has 0 spiro atoms. The van der Waals surface area contributed by atoms with Crippen LogP contribution >= 0.6 is 0 Å². The molecule has 2 N–H and O–H groups in total. The standard InChI is InChI=1S/C12H11N3O4/c1-18-11-6-5-10(15(16)17)12(14-11)19-9-4-2-3-8(13)7-9/h2-7H,13H2,1H3. The Kier molecular flexibility index (Phi) is 3.46. The molecule has 0 saturated heterocycles. The Morgan fingerprint density at radius 3 is 2.74 bits per heavy atom. The van der Waals surface area contributed by atoms with Gasteiger partial charge in [-0.25, -0.2) is 0 Å². The fourth-order valence-corrected chi connectivity index (χ4v) is 1.43. The molecule has 7 nitrogen and oxygen atoms in total. The van der Waals surface area contributed by atoms with E-state index in [1.165, 1.54) is 19.2 Å². The van der Waals surface area contributed by atoms with Gasteiger partial charge in [0, 0.05) is 23.9 Å². The number of nitro groups is 1. The molecule has 98 valence electrons. The van der Waals surface area contributed by atoms with Gasteiger partial charge in [-0.1, -0.05) is 6.07 Å². The van der Waals surface area contributed by atoms with Crippen LogP contribution in [0.5, 0.6) is 17.5 Å². The van der Waals surface area contributed by atoms with Crippen molar-refractivity contribution in [2.75, 3.05) is 12.8 Å². The lowest BCUT2D eigenvalue weighted by Gasteiger charge is -2.07. The van der Waals surface area contributed by atoms with E-state index in [-0.39, 0.29) is 17.4 Å². The number of aromatic nitrogens is 1. The highest BCUT2D eigenvalue weighted by molar-refractivity contribution is 5.48. The SMILES string of the molecule is COc1ccc([N+](=O)[O-])c(Oc2cccc(N)c2)n1. The molecule has 0 aliphatic rings. The molecular weight excluding hydrogens is 250 g/mol. The Balaban J connectivity index is 2.39. The van der Waals surface area contributed by atoms with Gasteiger partial charge in [0.1, 0.15) is 5.75 Å². The van der Waals surface area contributed by atoms with Crippen LogP contribution in [0.2, 0.25) is 0 Å².